The molecule has 2 aromatic rings. The van der Waals surface area contributed by atoms with Crippen molar-refractivity contribution in [3.05, 3.63) is 30.0 Å². The highest BCUT2D eigenvalue weighted by molar-refractivity contribution is 6.40. The molecule has 0 spiro atoms. The molecule has 0 unspecified atom stereocenters. The van der Waals surface area contributed by atoms with E-state index in [1.165, 1.54) is 38.5 Å². The van der Waals surface area contributed by atoms with E-state index in [0.29, 0.717) is 22.9 Å². The summed E-state index contributed by atoms with van der Waals surface area (Å²) in [6, 6.07) is 5.89. The third-order valence-corrected chi connectivity index (χ3v) is 5.27. The van der Waals surface area contributed by atoms with E-state index >= 15 is 0 Å². The summed E-state index contributed by atoms with van der Waals surface area (Å²) in [7, 11) is 6.21. The molecule has 0 saturated heterocycles. The van der Waals surface area contributed by atoms with Crippen LogP contribution in [0.1, 0.15) is 62.7 Å². The summed E-state index contributed by atoms with van der Waals surface area (Å²) in [6.45, 7) is 6.03. The van der Waals surface area contributed by atoms with E-state index in [2.05, 4.69) is 29.8 Å². The van der Waals surface area contributed by atoms with Gasteiger partial charge in [0.05, 0.1) is 5.56 Å². The van der Waals surface area contributed by atoms with Crippen LogP contribution in [-0.2, 0) is 6.54 Å². The molecule has 132 valence electrons. The topological polar surface area (TPSA) is 34.0 Å². The van der Waals surface area contributed by atoms with Crippen molar-refractivity contribution in [2.75, 3.05) is 6.54 Å². The van der Waals surface area contributed by atoms with Gasteiger partial charge in [0.1, 0.15) is 7.85 Å². The molecule has 1 N–H and O–H groups in total. The van der Waals surface area contributed by atoms with Gasteiger partial charge < -0.3 is 9.88 Å². The van der Waals surface area contributed by atoms with Gasteiger partial charge in [0.15, 0.2) is 0 Å². The smallest absolute Gasteiger partial charge is 0.253 e. The molecule has 1 aromatic carbocycles. The van der Waals surface area contributed by atoms with Crippen LogP contribution in [0.4, 0.5) is 0 Å². The minimum absolute atomic E-state index is 0.00894. The average Bonchev–Trinajstić information content (AvgIpc) is 2.77. The van der Waals surface area contributed by atoms with Crippen LogP contribution in [0.25, 0.3) is 10.9 Å². The number of amides is 1. The first-order chi connectivity index (χ1) is 12.1. The molecule has 1 fully saturated rings. The highest BCUT2D eigenvalue weighted by atomic mass is 16.1. The van der Waals surface area contributed by atoms with Crippen LogP contribution in [0.3, 0.4) is 0 Å². The first-order valence-electron chi connectivity index (χ1n) is 9.71. The maximum atomic E-state index is 12.9. The molecule has 1 amide bonds. The number of carbonyl (C=O) groups excluding carboxylic acids is 1. The van der Waals surface area contributed by atoms with Crippen LogP contribution >= 0.6 is 0 Å². The third-order valence-electron chi connectivity index (χ3n) is 5.27. The van der Waals surface area contributed by atoms with Gasteiger partial charge in [0.25, 0.3) is 5.91 Å². The molecular weight excluding hydrogens is 307 g/mol. The second-order valence-electron chi connectivity index (χ2n) is 7.90. The Morgan fingerprint density at radius 2 is 1.96 bits per heavy atom. The van der Waals surface area contributed by atoms with E-state index in [-0.39, 0.29) is 5.91 Å². The number of aromatic nitrogens is 1. The van der Waals surface area contributed by atoms with Crippen molar-refractivity contribution in [1.29, 1.82) is 0 Å². The van der Waals surface area contributed by atoms with Gasteiger partial charge in [-0.15, -0.1) is 0 Å². The van der Waals surface area contributed by atoms with Crippen LogP contribution in [0.5, 0.6) is 0 Å². The average molecular weight is 336 g/mol. The van der Waals surface area contributed by atoms with Crippen molar-refractivity contribution < 1.29 is 4.79 Å². The molecule has 3 rings (SSSR count). The number of benzene rings is 1. The molecule has 2 radical (unpaired) electrons. The van der Waals surface area contributed by atoms with Gasteiger partial charge in [0.2, 0.25) is 0 Å². The lowest BCUT2D eigenvalue weighted by molar-refractivity contribution is 0.0947. The van der Waals surface area contributed by atoms with Gasteiger partial charge >= 0.3 is 0 Å². The second-order valence-corrected chi connectivity index (χ2v) is 7.90. The zero-order valence-electron chi connectivity index (χ0n) is 15.6. The lowest BCUT2D eigenvalue weighted by atomic mass is 9.90. The molecule has 1 saturated carbocycles. The van der Waals surface area contributed by atoms with E-state index in [4.69, 9.17) is 7.85 Å². The van der Waals surface area contributed by atoms with Gasteiger partial charge in [-0.2, -0.15) is 0 Å². The van der Waals surface area contributed by atoms with Gasteiger partial charge in [-0.25, -0.2) is 0 Å². The van der Waals surface area contributed by atoms with Crippen molar-refractivity contribution in [2.45, 2.75) is 58.9 Å². The van der Waals surface area contributed by atoms with E-state index in [9.17, 15) is 4.79 Å². The minimum Gasteiger partial charge on any atom is -0.352 e. The highest BCUT2D eigenvalue weighted by Gasteiger charge is 2.19. The van der Waals surface area contributed by atoms with Gasteiger partial charge in [-0.05, 0) is 30.7 Å². The van der Waals surface area contributed by atoms with E-state index in [0.717, 1.165) is 24.0 Å². The summed E-state index contributed by atoms with van der Waals surface area (Å²) in [5.41, 5.74) is 2.44. The SMILES string of the molecule is [B]c1cccc2c1c(C(=O)NCC1CCCCCC1)cn2CC(C)C. The molecule has 4 heteroatoms. The lowest BCUT2D eigenvalue weighted by Crippen LogP contribution is -2.29. The molecular formula is C21H29BN2O. The fourth-order valence-corrected chi connectivity index (χ4v) is 4.00. The Labute approximate surface area is 152 Å². The van der Waals surface area contributed by atoms with Crippen molar-refractivity contribution >= 4 is 30.1 Å². The zero-order valence-corrected chi connectivity index (χ0v) is 15.6. The third kappa shape index (κ3) is 4.28. The zero-order chi connectivity index (χ0) is 17.8. The molecule has 0 atom stereocenters. The Kier molecular flexibility index (Phi) is 5.87. The summed E-state index contributed by atoms with van der Waals surface area (Å²) >= 11 is 0. The Balaban J connectivity index is 1.80. The summed E-state index contributed by atoms with van der Waals surface area (Å²) in [5, 5.41) is 4.06. The maximum Gasteiger partial charge on any atom is 0.253 e. The van der Waals surface area contributed by atoms with Crippen LogP contribution < -0.4 is 10.8 Å². The van der Waals surface area contributed by atoms with Crippen molar-refractivity contribution in [1.82, 2.24) is 9.88 Å². The molecule has 0 bridgehead atoms. The van der Waals surface area contributed by atoms with Gasteiger partial charge in [0, 0.05) is 30.2 Å². The molecule has 0 aliphatic heterocycles. The van der Waals surface area contributed by atoms with Crippen molar-refractivity contribution in [3.63, 3.8) is 0 Å². The Bertz CT molecular complexity index is 727. The van der Waals surface area contributed by atoms with Crippen LogP contribution in [0, 0.1) is 11.8 Å². The molecule has 1 aromatic heterocycles. The molecule has 3 nitrogen and oxygen atoms in total. The standard InChI is InChI=1S/C21H29BN2O/c1-15(2)13-24-14-17(20-18(22)10-7-11-19(20)24)21(25)23-12-16-8-5-3-4-6-9-16/h7,10-11,14-16H,3-6,8-9,12-13H2,1-2H3,(H,23,25). The first kappa shape index (κ1) is 18.1. The van der Waals surface area contributed by atoms with E-state index in [1.54, 1.807) is 0 Å². The number of nitrogens with zero attached hydrogens (tertiary/aromatic N) is 1. The monoisotopic (exact) mass is 336 g/mol. The predicted octanol–water partition coefficient (Wildman–Crippen LogP) is 3.79. The van der Waals surface area contributed by atoms with Gasteiger partial charge in [-0.1, -0.05) is 57.1 Å². The number of rotatable bonds is 5. The van der Waals surface area contributed by atoms with Crippen molar-refractivity contribution in [2.24, 2.45) is 11.8 Å². The first-order valence-corrected chi connectivity index (χ1v) is 9.71. The Morgan fingerprint density at radius 3 is 2.64 bits per heavy atom. The second kappa shape index (κ2) is 8.12. The largest absolute Gasteiger partial charge is 0.352 e. The predicted molar refractivity (Wildman–Crippen MR) is 106 cm³/mol. The van der Waals surface area contributed by atoms with Crippen LogP contribution in [-0.4, -0.2) is 24.9 Å². The Morgan fingerprint density at radius 1 is 1.24 bits per heavy atom. The number of hydrogen-bond acceptors (Lipinski definition) is 1. The lowest BCUT2D eigenvalue weighted by Gasteiger charge is -2.14. The van der Waals surface area contributed by atoms with Crippen molar-refractivity contribution in [3.8, 4) is 0 Å². The minimum atomic E-state index is 0.00894. The normalized spacial score (nSPS) is 16.3. The number of hydrogen-bond donors (Lipinski definition) is 1. The molecule has 1 aliphatic rings. The maximum absolute atomic E-state index is 12.9. The number of carbonyl (C=O) groups is 1. The molecule has 1 heterocycles. The molecule has 1 aliphatic carbocycles. The van der Waals surface area contributed by atoms with Gasteiger partial charge in [-0.3, -0.25) is 4.79 Å². The Hall–Kier alpha value is -1.71. The summed E-state index contributed by atoms with van der Waals surface area (Å²) in [4.78, 5) is 12.9. The summed E-state index contributed by atoms with van der Waals surface area (Å²) in [6.07, 6.45) is 9.70. The highest BCUT2D eigenvalue weighted by Crippen LogP contribution is 2.23. The summed E-state index contributed by atoms with van der Waals surface area (Å²) in [5.74, 6) is 1.14. The summed E-state index contributed by atoms with van der Waals surface area (Å²) < 4.78 is 2.16. The van der Waals surface area contributed by atoms with Crippen LogP contribution in [0.2, 0.25) is 0 Å². The fraction of sp³-hybridized carbons (Fsp3) is 0.571. The number of fused-ring (bicyclic) bond motifs is 1. The van der Waals surface area contributed by atoms with E-state index < -0.39 is 0 Å². The fourth-order valence-electron chi connectivity index (χ4n) is 4.00. The quantitative estimate of drug-likeness (QED) is 0.654. The molecule has 25 heavy (non-hydrogen) atoms. The van der Waals surface area contributed by atoms with Crippen LogP contribution in [0.15, 0.2) is 24.4 Å². The number of nitrogens with one attached hydrogen (secondary N) is 1. The van der Waals surface area contributed by atoms with E-state index in [1.807, 2.05) is 18.3 Å².